The third-order valence-electron chi connectivity index (χ3n) is 6.71. The van der Waals surface area contributed by atoms with Crippen molar-refractivity contribution in [2.24, 2.45) is 5.92 Å². The highest BCUT2D eigenvalue weighted by Gasteiger charge is 2.21. The van der Waals surface area contributed by atoms with Crippen LogP contribution in [0.25, 0.3) is 21.1 Å². The van der Waals surface area contributed by atoms with Crippen molar-refractivity contribution in [1.29, 1.82) is 0 Å². The van der Waals surface area contributed by atoms with E-state index in [-0.39, 0.29) is 11.7 Å². The van der Waals surface area contributed by atoms with Crippen molar-refractivity contribution in [3.63, 3.8) is 0 Å². The molecule has 1 fully saturated rings. The molecule has 0 radical (unpaired) electrons. The molecule has 1 aliphatic heterocycles. The Morgan fingerprint density at radius 2 is 1.94 bits per heavy atom. The molecular formula is C27H27ClFN3O2S. The summed E-state index contributed by atoms with van der Waals surface area (Å²) in [4.78, 5) is 21.4. The highest BCUT2D eigenvalue weighted by molar-refractivity contribution is 7.20. The van der Waals surface area contributed by atoms with Crippen LogP contribution >= 0.6 is 22.9 Å². The Bertz CT molecular complexity index is 1350. The molecule has 2 aromatic carbocycles. The molecule has 182 valence electrons. The summed E-state index contributed by atoms with van der Waals surface area (Å²) in [5, 5.41) is 5.45. The first-order valence-corrected chi connectivity index (χ1v) is 13.0. The first-order chi connectivity index (χ1) is 17.0. The molecule has 0 saturated carbocycles. The van der Waals surface area contributed by atoms with Crippen molar-refractivity contribution in [1.82, 2.24) is 15.2 Å². The van der Waals surface area contributed by atoms with Gasteiger partial charge in [0.05, 0.1) is 17.5 Å². The van der Waals surface area contributed by atoms with E-state index in [0.717, 1.165) is 60.1 Å². The number of aromatic nitrogens is 1. The number of halogens is 2. The van der Waals surface area contributed by atoms with Crippen LogP contribution in [0.15, 0.2) is 48.5 Å². The van der Waals surface area contributed by atoms with E-state index >= 15 is 0 Å². The van der Waals surface area contributed by atoms with E-state index < -0.39 is 0 Å². The summed E-state index contributed by atoms with van der Waals surface area (Å²) >= 11 is 7.82. The lowest BCUT2D eigenvalue weighted by molar-refractivity contribution is 0.0940. The smallest absolute Gasteiger partial charge is 0.261 e. The lowest BCUT2D eigenvalue weighted by Crippen LogP contribution is -2.39. The number of hydrogen-bond acceptors (Lipinski definition) is 5. The van der Waals surface area contributed by atoms with Crippen molar-refractivity contribution in [3.8, 4) is 5.75 Å². The predicted molar refractivity (Wildman–Crippen MR) is 140 cm³/mol. The van der Waals surface area contributed by atoms with Crippen molar-refractivity contribution < 1.29 is 13.9 Å². The Balaban J connectivity index is 1.14. The van der Waals surface area contributed by atoms with Crippen LogP contribution in [0.4, 0.5) is 4.39 Å². The zero-order valence-electron chi connectivity index (χ0n) is 19.5. The maximum absolute atomic E-state index is 13.1. The predicted octanol–water partition coefficient (Wildman–Crippen LogP) is 5.94. The van der Waals surface area contributed by atoms with Gasteiger partial charge in [-0.2, -0.15) is 0 Å². The first kappa shape index (κ1) is 24.0. The SMILES string of the molecule is COc1ccc2cc3cc(C(=O)NCC4CCN(CCc5ccc(F)cc5)CC4)sc3nc2c1Cl. The minimum absolute atomic E-state index is 0.0560. The quantitative estimate of drug-likeness (QED) is 0.334. The number of piperidine rings is 1. The number of benzene rings is 2. The number of pyridine rings is 1. The number of thiophene rings is 1. The van der Waals surface area contributed by atoms with Gasteiger partial charge in [0.1, 0.15) is 21.4 Å². The van der Waals surface area contributed by atoms with E-state index in [1.807, 2.05) is 36.4 Å². The molecule has 0 unspecified atom stereocenters. The second-order valence-electron chi connectivity index (χ2n) is 9.02. The number of nitrogens with zero attached hydrogens (tertiary/aromatic N) is 2. The molecule has 5 rings (SSSR count). The topological polar surface area (TPSA) is 54.5 Å². The van der Waals surface area contributed by atoms with Gasteiger partial charge in [-0.25, -0.2) is 9.37 Å². The fourth-order valence-electron chi connectivity index (χ4n) is 4.59. The van der Waals surface area contributed by atoms with Gasteiger partial charge in [0.15, 0.2) is 0 Å². The Kier molecular flexibility index (Phi) is 7.18. The average Bonchev–Trinajstić information content (AvgIpc) is 3.30. The van der Waals surface area contributed by atoms with Crippen LogP contribution in [0.5, 0.6) is 5.75 Å². The van der Waals surface area contributed by atoms with E-state index in [0.29, 0.717) is 33.6 Å². The molecule has 0 bridgehead atoms. The molecule has 3 heterocycles. The molecule has 1 amide bonds. The number of amides is 1. The minimum atomic E-state index is -0.193. The third-order valence-corrected chi connectivity index (χ3v) is 8.12. The highest BCUT2D eigenvalue weighted by atomic mass is 35.5. The number of ether oxygens (including phenoxy) is 1. The maximum atomic E-state index is 13.1. The van der Waals surface area contributed by atoms with E-state index in [1.165, 1.54) is 23.5 Å². The summed E-state index contributed by atoms with van der Waals surface area (Å²) in [6.45, 7) is 3.69. The van der Waals surface area contributed by atoms with Crippen LogP contribution in [0.2, 0.25) is 5.02 Å². The van der Waals surface area contributed by atoms with Crippen LogP contribution in [0.1, 0.15) is 28.1 Å². The zero-order chi connectivity index (χ0) is 24.4. The lowest BCUT2D eigenvalue weighted by Gasteiger charge is -2.32. The van der Waals surface area contributed by atoms with Gasteiger partial charge in [-0.3, -0.25) is 4.79 Å². The Hall–Kier alpha value is -2.74. The van der Waals surface area contributed by atoms with E-state index in [2.05, 4.69) is 10.2 Å². The number of rotatable bonds is 7. The summed E-state index contributed by atoms with van der Waals surface area (Å²) in [7, 11) is 1.58. The van der Waals surface area contributed by atoms with E-state index in [9.17, 15) is 9.18 Å². The van der Waals surface area contributed by atoms with Gasteiger partial charge in [-0.1, -0.05) is 23.7 Å². The average molecular weight is 512 g/mol. The molecular weight excluding hydrogens is 485 g/mol. The number of hydrogen-bond donors (Lipinski definition) is 1. The molecule has 8 heteroatoms. The number of likely N-dealkylation sites (tertiary alicyclic amines) is 1. The molecule has 1 aliphatic rings. The highest BCUT2D eigenvalue weighted by Crippen LogP contribution is 2.35. The summed E-state index contributed by atoms with van der Waals surface area (Å²) in [6.07, 6.45) is 3.04. The number of fused-ring (bicyclic) bond motifs is 2. The molecule has 0 spiro atoms. The second kappa shape index (κ2) is 10.5. The fraction of sp³-hybridized carbons (Fsp3) is 0.333. The lowest BCUT2D eigenvalue weighted by atomic mass is 9.96. The molecule has 5 nitrogen and oxygen atoms in total. The summed E-state index contributed by atoms with van der Waals surface area (Å²) in [5.74, 6) is 0.811. The molecule has 4 aromatic rings. The Morgan fingerprint density at radius 3 is 2.69 bits per heavy atom. The Morgan fingerprint density at radius 1 is 1.17 bits per heavy atom. The van der Waals surface area contributed by atoms with Gasteiger partial charge in [0.2, 0.25) is 0 Å². The monoisotopic (exact) mass is 511 g/mol. The number of methoxy groups -OCH3 is 1. The van der Waals surface area contributed by atoms with Crippen LogP contribution in [0, 0.1) is 11.7 Å². The molecule has 0 atom stereocenters. The van der Waals surface area contributed by atoms with Gasteiger partial charge in [-0.15, -0.1) is 11.3 Å². The third kappa shape index (κ3) is 5.42. The Labute approximate surface area is 212 Å². The van der Waals surface area contributed by atoms with E-state index in [4.69, 9.17) is 21.3 Å². The molecule has 0 aliphatic carbocycles. The largest absolute Gasteiger partial charge is 0.495 e. The van der Waals surface area contributed by atoms with Crippen LogP contribution in [-0.2, 0) is 6.42 Å². The van der Waals surface area contributed by atoms with Crippen LogP contribution < -0.4 is 10.1 Å². The zero-order valence-corrected chi connectivity index (χ0v) is 21.1. The summed E-state index contributed by atoms with van der Waals surface area (Å²) < 4.78 is 18.4. The summed E-state index contributed by atoms with van der Waals surface area (Å²) in [6, 6.07) is 14.4. The normalized spacial score (nSPS) is 15.1. The van der Waals surface area contributed by atoms with E-state index in [1.54, 1.807) is 7.11 Å². The standard InChI is InChI=1S/C27H27ClFN3O2S/c1-34-22-7-4-19-14-20-15-23(35-27(20)31-25(19)24(22)28)26(33)30-16-18-9-12-32(13-10-18)11-8-17-2-5-21(29)6-3-17/h2-7,14-15,18H,8-13,16H2,1H3,(H,30,33). The minimum Gasteiger partial charge on any atom is -0.495 e. The second-order valence-corrected chi connectivity index (χ2v) is 10.4. The number of nitrogens with one attached hydrogen (secondary N) is 1. The van der Waals surface area contributed by atoms with Gasteiger partial charge < -0.3 is 15.0 Å². The summed E-state index contributed by atoms with van der Waals surface area (Å²) in [5.41, 5.74) is 1.84. The van der Waals surface area contributed by atoms with Crippen molar-refractivity contribution in [3.05, 3.63) is 69.8 Å². The van der Waals surface area contributed by atoms with Gasteiger partial charge in [0.25, 0.3) is 5.91 Å². The van der Waals surface area contributed by atoms with Crippen LogP contribution in [-0.4, -0.2) is 49.1 Å². The molecule has 1 saturated heterocycles. The van der Waals surface area contributed by atoms with Gasteiger partial charge >= 0.3 is 0 Å². The molecule has 2 aromatic heterocycles. The number of carbonyl (C=O) groups is 1. The number of carbonyl (C=O) groups excluding carboxylic acids is 1. The maximum Gasteiger partial charge on any atom is 0.261 e. The fourth-order valence-corrected chi connectivity index (χ4v) is 5.82. The van der Waals surface area contributed by atoms with Gasteiger partial charge in [-0.05, 0) is 80.2 Å². The molecule has 35 heavy (non-hydrogen) atoms. The van der Waals surface area contributed by atoms with Crippen molar-refractivity contribution >= 4 is 50.0 Å². The van der Waals surface area contributed by atoms with Crippen LogP contribution in [0.3, 0.4) is 0 Å². The first-order valence-electron chi connectivity index (χ1n) is 11.8. The van der Waals surface area contributed by atoms with Crippen molar-refractivity contribution in [2.45, 2.75) is 19.3 Å². The molecule has 1 N–H and O–H groups in total. The van der Waals surface area contributed by atoms with Gasteiger partial charge in [0, 0.05) is 23.9 Å². The van der Waals surface area contributed by atoms with Crippen molar-refractivity contribution in [2.75, 3.05) is 33.3 Å².